The lowest BCUT2D eigenvalue weighted by atomic mass is 9.94. The Hall–Kier alpha value is -1.34. The Morgan fingerprint density at radius 2 is 2.00 bits per heavy atom. The molecule has 0 N–H and O–H groups in total. The number of carbonyl (C=O) groups excluding carboxylic acids is 1. The zero-order chi connectivity index (χ0) is 18.1. The van der Waals surface area contributed by atoms with Gasteiger partial charge in [0.2, 0.25) is 0 Å². The Bertz CT molecular complexity index is 881. The van der Waals surface area contributed by atoms with Gasteiger partial charge in [-0.2, -0.15) is 0 Å². The van der Waals surface area contributed by atoms with Crippen molar-refractivity contribution in [3.8, 4) is 0 Å². The second-order valence-electron chi connectivity index (χ2n) is 7.12. The summed E-state index contributed by atoms with van der Waals surface area (Å²) in [5.74, 6) is -0.100. The first kappa shape index (κ1) is 18.0. The fourth-order valence-electron chi connectivity index (χ4n) is 4.14. The van der Waals surface area contributed by atoms with E-state index in [1.807, 2.05) is 4.57 Å². The first-order chi connectivity index (χ1) is 12.7. The Morgan fingerprint density at radius 1 is 1.23 bits per heavy atom. The molecule has 26 heavy (non-hydrogen) atoms. The molecular formula is C19H24N2O3S2. The minimum Gasteiger partial charge on any atom is -0.468 e. The van der Waals surface area contributed by atoms with E-state index < -0.39 is 0 Å². The third-order valence-corrected chi connectivity index (χ3v) is 7.59. The van der Waals surface area contributed by atoms with Crippen molar-refractivity contribution in [1.29, 1.82) is 0 Å². The predicted octanol–water partition coefficient (Wildman–Crippen LogP) is 4.11. The summed E-state index contributed by atoms with van der Waals surface area (Å²) in [5.41, 5.74) is 1.34. The van der Waals surface area contributed by atoms with E-state index in [9.17, 15) is 9.59 Å². The van der Waals surface area contributed by atoms with Gasteiger partial charge < -0.3 is 4.74 Å². The number of fused-ring (bicyclic) bond motifs is 3. The van der Waals surface area contributed by atoms with Gasteiger partial charge in [0.15, 0.2) is 5.16 Å². The number of methoxy groups -OCH3 is 1. The van der Waals surface area contributed by atoms with Gasteiger partial charge in [0.05, 0.1) is 18.2 Å². The molecule has 2 aromatic heterocycles. The summed E-state index contributed by atoms with van der Waals surface area (Å²) >= 11 is 3.00. The second kappa shape index (κ2) is 7.72. The zero-order valence-corrected chi connectivity index (χ0v) is 16.7. The molecule has 0 spiro atoms. The first-order valence-corrected chi connectivity index (χ1v) is 11.3. The molecule has 2 aliphatic carbocycles. The number of nitrogens with zero attached hydrogens (tertiary/aromatic N) is 2. The number of thiophene rings is 1. The van der Waals surface area contributed by atoms with Crippen molar-refractivity contribution >= 4 is 39.3 Å². The van der Waals surface area contributed by atoms with Gasteiger partial charge in [-0.05, 0) is 44.1 Å². The van der Waals surface area contributed by atoms with E-state index in [1.165, 1.54) is 42.2 Å². The number of rotatable bonds is 4. The lowest BCUT2D eigenvalue weighted by molar-refractivity contribution is -0.137. The molecule has 1 fully saturated rings. The molecule has 1 saturated carbocycles. The molecule has 0 radical (unpaired) electrons. The van der Waals surface area contributed by atoms with Crippen LogP contribution < -0.4 is 5.56 Å². The van der Waals surface area contributed by atoms with Crippen molar-refractivity contribution < 1.29 is 9.53 Å². The number of aromatic nitrogens is 2. The van der Waals surface area contributed by atoms with E-state index in [0.717, 1.165) is 55.2 Å². The van der Waals surface area contributed by atoms with Crippen LogP contribution in [0.25, 0.3) is 10.2 Å². The van der Waals surface area contributed by atoms with Crippen LogP contribution in [0.2, 0.25) is 0 Å². The highest BCUT2D eigenvalue weighted by Gasteiger charge is 2.26. The topological polar surface area (TPSA) is 61.2 Å². The van der Waals surface area contributed by atoms with Gasteiger partial charge in [-0.1, -0.05) is 31.0 Å². The standard InChI is InChI=1S/C19H24N2O3S2/c1-24-15(22)11-25-19-20-17-16(13-9-5-6-10-14(13)26-17)18(23)21(19)12-7-3-2-4-8-12/h12H,2-11H2,1H3. The third-order valence-electron chi connectivity index (χ3n) is 5.48. The van der Waals surface area contributed by atoms with E-state index in [0.29, 0.717) is 5.16 Å². The van der Waals surface area contributed by atoms with Gasteiger partial charge in [0.1, 0.15) is 4.83 Å². The lowest BCUT2D eigenvalue weighted by Gasteiger charge is -2.26. The molecule has 140 valence electrons. The largest absolute Gasteiger partial charge is 0.468 e. The molecule has 0 amide bonds. The normalized spacial score (nSPS) is 18.0. The predicted molar refractivity (Wildman–Crippen MR) is 105 cm³/mol. The van der Waals surface area contributed by atoms with Crippen LogP contribution in [0.4, 0.5) is 0 Å². The van der Waals surface area contributed by atoms with Gasteiger partial charge in [-0.3, -0.25) is 14.2 Å². The number of carbonyl (C=O) groups is 1. The smallest absolute Gasteiger partial charge is 0.316 e. The summed E-state index contributed by atoms with van der Waals surface area (Å²) in [4.78, 5) is 32.2. The van der Waals surface area contributed by atoms with Crippen LogP contribution in [-0.4, -0.2) is 28.4 Å². The number of ether oxygens (including phenoxy) is 1. The fourth-order valence-corrected chi connectivity index (χ4v) is 6.35. The van der Waals surface area contributed by atoms with Crippen LogP contribution in [0, 0.1) is 0 Å². The molecule has 0 saturated heterocycles. The van der Waals surface area contributed by atoms with Crippen LogP contribution in [0.3, 0.4) is 0 Å². The Labute approximate surface area is 161 Å². The maximum Gasteiger partial charge on any atom is 0.316 e. The van der Waals surface area contributed by atoms with Crippen LogP contribution in [0.1, 0.15) is 61.4 Å². The summed E-state index contributed by atoms with van der Waals surface area (Å²) in [7, 11) is 1.39. The maximum atomic E-state index is 13.5. The van der Waals surface area contributed by atoms with E-state index in [2.05, 4.69) is 0 Å². The lowest BCUT2D eigenvalue weighted by Crippen LogP contribution is -2.29. The molecule has 0 aromatic carbocycles. The maximum absolute atomic E-state index is 13.5. The van der Waals surface area contributed by atoms with Crippen LogP contribution in [-0.2, 0) is 22.4 Å². The average molecular weight is 393 g/mol. The van der Waals surface area contributed by atoms with Gasteiger partial charge in [0, 0.05) is 10.9 Å². The van der Waals surface area contributed by atoms with Gasteiger partial charge in [0.25, 0.3) is 5.56 Å². The molecular weight excluding hydrogens is 368 g/mol. The van der Waals surface area contributed by atoms with E-state index in [-0.39, 0.29) is 23.3 Å². The average Bonchev–Trinajstić information content (AvgIpc) is 3.05. The highest BCUT2D eigenvalue weighted by Crippen LogP contribution is 2.37. The molecule has 4 rings (SSSR count). The fraction of sp³-hybridized carbons (Fsp3) is 0.632. The first-order valence-electron chi connectivity index (χ1n) is 9.45. The number of hydrogen-bond donors (Lipinski definition) is 0. The second-order valence-corrected chi connectivity index (χ2v) is 9.14. The summed E-state index contributed by atoms with van der Waals surface area (Å²) in [5, 5.41) is 1.52. The quantitative estimate of drug-likeness (QED) is 0.445. The van der Waals surface area contributed by atoms with Crippen molar-refractivity contribution in [1.82, 2.24) is 9.55 Å². The molecule has 5 nitrogen and oxygen atoms in total. The molecule has 2 aliphatic rings. The number of thioether (sulfide) groups is 1. The third kappa shape index (κ3) is 3.31. The van der Waals surface area contributed by atoms with Crippen molar-refractivity contribution in [2.75, 3.05) is 12.9 Å². The van der Waals surface area contributed by atoms with Crippen molar-refractivity contribution in [3.05, 3.63) is 20.8 Å². The molecule has 0 unspecified atom stereocenters. The van der Waals surface area contributed by atoms with Gasteiger partial charge in [-0.25, -0.2) is 4.98 Å². The van der Waals surface area contributed by atoms with Crippen molar-refractivity contribution in [3.63, 3.8) is 0 Å². The molecule has 0 aliphatic heterocycles. The van der Waals surface area contributed by atoms with E-state index in [4.69, 9.17) is 9.72 Å². The minimum absolute atomic E-state index is 0.105. The van der Waals surface area contributed by atoms with E-state index in [1.54, 1.807) is 11.3 Å². The highest BCUT2D eigenvalue weighted by molar-refractivity contribution is 7.99. The zero-order valence-electron chi connectivity index (χ0n) is 15.1. The molecule has 2 aromatic rings. The van der Waals surface area contributed by atoms with Crippen LogP contribution >= 0.6 is 23.1 Å². The van der Waals surface area contributed by atoms with Crippen molar-refractivity contribution in [2.24, 2.45) is 0 Å². The Morgan fingerprint density at radius 3 is 2.77 bits per heavy atom. The summed E-state index contributed by atoms with van der Waals surface area (Å²) in [6.45, 7) is 0. The number of hydrogen-bond acceptors (Lipinski definition) is 6. The molecule has 7 heteroatoms. The van der Waals surface area contributed by atoms with Gasteiger partial charge in [-0.15, -0.1) is 11.3 Å². The number of esters is 1. The summed E-state index contributed by atoms with van der Waals surface area (Å²) in [6.07, 6.45) is 9.97. The molecule has 0 atom stereocenters. The van der Waals surface area contributed by atoms with Gasteiger partial charge >= 0.3 is 5.97 Å². The van der Waals surface area contributed by atoms with Crippen LogP contribution in [0.15, 0.2) is 9.95 Å². The highest BCUT2D eigenvalue weighted by atomic mass is 32.2. The van der Waals surface area contributed by atoms with E-state index >= 15 is 0 Å². The molecule has 2 heterocycles. The van der Waals surface area contributed by atoms with Crippen molar-refractivity contribution in [2.45, 2.75) is 69.0 Å². The number of aryl methyl sites for hydroxylation is 2. The Balaban J connectivity index is 1.84. The molecule has 0 bridgehead atoms. The Kier molecular flexibility index (Phi) is 5.36. The van der Waals surface area contributed by atoms with Crippen LogP contribution in [0.5, 0.6) is 0 Å². The summed E-state index contributed by atoms with van der Waals surface area (Å²) < 4.78 is 6.67. The minimum atomic E-state index is -0.287. The SMILES string of the molecule is COC(=O)CSc1nc2sc3c(c2c(=O)n1C1CCCCC1)CCCC3. The summed E-state index contributed by atoms with van der Waals surface area (Å²) in [6, 6.07) is 0.201. The monoisotopic (exact) mass is 392 g/mol.